The SMILES string of the molecule is CCCC1(O)CCC2(CCN(c3ccccc3)C2=O)CC1. The number of rotatable bonds is 3. The first-order valence-electron chi connectivity index (χ1n) is 8.18. The Morgan fingerprint density at radius 3 is 2.38 bits per heavy atom. The van der Waals surface area contributed by atoms with E-state index in [1.54, 1.807) is 0 Å². The van der Waals surface area contributed by atoms with Gasteiger partial charge < -0.3 is 10.0 Å². The van der Waals surface area contributed by atoms with Crippen LogP contribution < -0.4 is 4.90 Å². The molecule has 2 aliphatic rings. The van der Waals surface area contributed by atoms with Gasteiger partial charge in [0.05, 0.1) is 11.0 Å². The average molecular weight is 287 g/mol. The first kappa shape index (κ1) is 14.6. The van der Waals surface area contributed by atoms with Crippen molar-refractivity contribution in [3.63, 3.8) is 0 Å². The van der Waals surface area contributed by atoms with Crippen LogP contribution in [0.2, 0.25) is 0 Å². The minimum atomic E-state index is -0.527. The number of aliphatic hydroxyl groups is 1. The number of para-hydroxylation sites is 1. The first-order valence-corrected chi connectivity index (χ1v) is 8.18. The van der Waals surface area contributed by atoms with Gasteiger partial charge in [0.1, 0.15) is 0 Å². The Balaban J connectivity index is 1.73. The second-order valence-corrected chi connectivity index (χ2v) is 6.80. The summed E-state index contributed by atoms with van der Waals surface area (Å²) >= 11 is 0. The first-order chi connectivity index (χ1) is 10.1. The van der Waals surface area contributed by atoms with Crippen LogP contribution in [0.5, 0.6) is 0 Å². The Labute approximate surface area is 127 Å². The van der Waals surface area contributed by atoms with Crippen LogP contribution in [0, 0.1) is 5.41 Å². The lowest BCUT2D eigenvalue weighted by molar-refractivity contribution is -0.130. The molecule has 0 aromatic heterocycles. The second kappa shape index (κ2) is 5.45. The highest BCUT2D eigenvalue weighted by atomic mass is 16.3. The molecule has 1 amide bonds. The molecule has 1 heterocycles. The lowest BCUT2D eigenvalue weighted by atomic mass is 9.67. The van der Waals surface area contributed by atoms with Crippen LogP contribution in [0.25, 0.3) is 0 Å². The standard InChI is InChI=1S/C18H25NO2/c1-2-8-18(21)11-9-17(10-12-18)13-14-19(16(17)20)15-6-4-3-5-7-15/h3-7,21H,2,8-14H2,1H3. The van der Waals surface area contributed by atoms with E-state index in [9.17, 15) is 9.90 Å². The van der Waals surface area contributed by atoms with Gasteiger partial charge >= 0.3 is 0 Å². The molecule has 3 rings (SSSR count). The predicted octanol–water partition coefficient (Wildman–Crippen LogP) is 3.51. The summed E-state index contributed by atoms with van der Waals surface area (Å²) in [5.74, 6) is 0.271. The van der Waals surface area contributed by atoms with E-state index in [-0.39, 0.29) is 11.3 Å². The van der Waals surface area contributed by atoms with E-state index in [1.807, 2.05) is 35.2 Å². The van der Waals surface area contributed by atoms with Gasteiger partial charge in [-0.25, -0.2) is 0 Å². The van der Waals surface area contributed by atoms with Crippen molar-refractivity contribution in [3.05, 3.63) is 30.3 Å². The van der Waals surface area contributed by atoms with Crippen LogP contribution in [0.1, 0.15) is 51.9 Å². The molecular formula is C18H25NO2. The van der Waals surface area contributed by atoms with Crippen LogP contribution in [0.3, 0.4) is 0 Å². The zero-order valence-corrected chi connectivity index (χ0v) is 12.8. The van der Waals surface area contributed by atoms with Gasteiger partial charge in [-0.2, -0.15) is 0 Å². The smallest absolute Gasteiger partial charge is 0.233 e. The van der Waals surface area contributed by atoms with Crippen LogP contribution in [0.15, 0.2) is 30.3 Å². The topological polar surface area (TPSA) is 40.5 Å². The zero-order chi connectivity index (χ0) is 14.9. The number of hydrogen-bond donors (Lipinski definition) is 1. The average Bonchev–Trinajstić information content (AvgIpc) is 2.81. The van der Waals surface area contributed by atoms with E-state index in [4.69, 9.17) is 0 Å². The molecular weight excluding hydrogens is 262 g/mol. The molecule has 1 N–H and O–H groups in total. The third kappa shape index (κ3) is 2.59. The number of amides is 1. The molecule has 0 unspecified atom stereocenters. The molecule has 1 aromatic rings. The van der Waals surface area contributed by atoms with Gasteiger partial charge in [0.2, 0.25) is 5.91 Å². The molecule has 1 spiro atoms. The molecule has 0 atom stereocenters. The Morgan fingerprint density at radius 1 is 1.10 bits per heavy atom. The van der Waals surface area contributed by atoms with Crippen molar-refractivity contribution in [3.8, 4) is 0 Å². The van der Waals surface area contributed by atoms with Crippen molar-refractivity contribution in [1.82, 2.24) is 0 Å². The second-order valence-electron chi connectivity index (χ2n) is 6.80. The summed E-state index contributed by atoms with van der Waals surface area (Å²) in [5.41, 5.74) is 0.268. The molecule has 1 saturated carbocycles. The third-order valence-corrected chi connectivity index (χ3v) is 5.43. The minimum Gasteiger partial charge on any atom is -0.390 e. The molecule has 3 nitrogen and oxygen atoms in total. The summed E-state index contributed by atoms with van der Waals surface area (Å²) in [6.07, 6.45) is 6.03. The number of anilines is 1. The Hall–Kier alpha value is -1.35. The predicted molar refractivity (Wildman–Crippen MR) is 84.2 cm³/mol. The monoisotopic (exact) mass is 287 g/mol. The molecule has 0 radical (unpaired) electrons. The van der Waals surface area contributed by atoms with Gasteiger partial charge in [-0.05, 0) is 50.7 Å². The van der Waals surface area contributed by atoms with Gasteiger partial charge in [0.15, 0.2) is 0 Å². The fourth-order valence-electron chi connectivity index (χ4n) is 4.05. The number of carbonyl (C=O) groups excluding carboxylic acids is 1. The van der Waals surface area contributed by atoms with Gasteiger partial charge in [-0.3, -0.25) is 4.79 Å². The van der Waals surface area contributed by atoms with E-state index in [2.05, 4.69) is 6.92 Å². The number of benzene rings is 1. The maximum Gasteiger partial charge on any atom is 0.233 e. The van der Waals surface area contributed by atoms with E-state index in [0.29, 0.717) is 0 Å². The van der Waals surface area contributed by atoms with Crippen molar-refractivity contribution in [1.29, 1.82) is 0 Å². The van der Waals surface area contributed by atoms with Gasteiger partial charge in [0, 0.05) is 12.2 Å². The molecule has 1 aromatic carbocycles. The summed E-state index contributed by atoms with van der Waals surface area (Å²) in [7, 11) is 0. The molecule has 1 aliphatic heterocycles. The normalized spacial score (nSPS) is 32.9. The molecule has 2 fully saturated rings. The fraction of sp³-hybridized carbons (Fsp3) is 0.611. The summed E-state index contributed by atoms with van der Waals surface area (Å²) in [5, 5.41) is 10.6. The Kier molecular flexibility index (Phi) is 3.78. The quantitative estimate of drug-likeness (QED) is 0.924. The Bertz CT molecular complexity index is 503. The summed E-state index contributed by atoms with van der Waals surface area (Å²) in [6, 6.07) is 9.95. The number of carbonyl (C=O) groups is 1. The van der Waals surface area contributed by atoms with Crippen molar-refractivity contribution < 1.29 is 9.90 Å². The van der Waals surface area contributed by atoms with Crippen molar-refractivity contribution in [2.75, 3.05) is 11.4 Å². The largest absolute Gasteiger partial charge is 0.390 e. The third-order valence-electron chi connectivity index (χ3n) is 5.43. The minimum absolute atomic E-state index is 0.212. The number of hydrogen-bond acceptors (Lipinski definition) is 2. The maximum atomic E-state index is 12.9. The van der Waals surface area contributed by atoms with Gasteiger partial charge in [0.25, 0.3) is 0 Å². The summed E-state index contributed by atoms with van der Waals surface area (Å²) in [4.78, 5) is 14.8. The molecule has 114 valence electrons. The molecule has 21 heavy (non-hydrogen) atoms. The molecule has 3 heteroatoms. The van der Waals surface area contributed by atoms with Crippen molar-refractivity contribution in [2.45, 2.75) is 57.5 Å². The van der Waals surface area contributed by atoms with Gasteiger partial charge in [-0.15, -0.1) is 0 Å². The summed E-state index contributed by atoms with van der Waals surface area (Å²) in [6.45, 7) is 2.93. The van der Waals surface area contributed by atoms with E-state index < -0.39 is 5.60 Å². The van der Waals surface area contributed by atoms with E-state index in [1.165, 1.54) is 0 Å². The molecule has 0 bridgehead atoms. The van der Waals surface area contributed by atoms with Crippen LogP contribution >= 0.6 is 0 Å². The van der Waals surface area contributed by atoms with Crippen LogP contribution in [-0.2, 0) is 4.79 Å². The molecule has 1 aliphatic carbocycles. The van der Waals surface area contributed by atoms with Crippen LogP contribution in [-0.4, -0.2) is 23.2 Å². The highest BCUT2D eigenvalue weighted by Gasteiger charge is 2.51. The molecule has 1 saturated heterocycles. The fourth-order valence-corrected chi connectivity index (χ4v) is 4.05. The van der Waals surface area contributed by atoms with Crippen LogP contribution in [0.4, 0.5) is 5.69 Å². The van der Waals surface area contributed by atoms with Crippen molar-refractivity contribution in [2.24, 2.45) is 5.41 Å². The highest BCUT2D eigenvalue weighted by molar-refractivity contribution is 5.99. The van der Waals surface area contributed by atoms with E-state index >= 15 is 0 Å². The maximum absolute atomic E-state index is 12.9. The van der Waals surface area contributed by atoms with E-state index in [0.717, 1.165) is 57.2 Å². The Morgan fingerprint density at radius 2 is 1.76 bits per heavy atom. The highest BCUT2D eigenvalue weighted by Crippen LogP contribution is 2.49. The lowest BCUT2D eigenvalue weighted by Crippen LogP contribution is -2.43. The van der Waals surface area contributed by atoms with Crippen molar-refractivity contribution >= 4 is 11.6 Å². The summed E-state index contributed by atoms with van der Waals surface area (Å²) < 4.78 is 0. The van der Waals surface area contributed by atoms with Gasteiger partial charge in [-0.1, -0.05) is 31.5 Å². The number of nitrogens with zero attached hydrogens (tertiary/aromatic N) is 1. The lowest BCUT2D eigenvalue weighted by Gasteiger charge is -2.41. The zero-order valence-electron chi connectivity index (χ0n) is 12.8.